The minimum absolute atomic E-state index is 0.0209. The Labute approximate surface area is 65.7 Å². The van der Waals surface area contributed by atoms with Crippen LogP contribution in [0.25, 0.3) is 0 Å². The highest BCUT2D eigenvalue weighted by molar-refractivity contribution is 5.99. The standard InChI is InChI=1S/C7H12N2O2/c1-4-6(10)9-7(11)8-5(2)3/h4-5H,1H2,2-3H3,(H2,8,9,10,11). The van der Waals surface area contributed by atoms with Crippen molar-refractivity contribution in [1.82, 2.24) is 10.6 Å². The van der Waals surface area contributed by atoms with E-state index in [2.05, 4.69) is 17.2 Å². The van der Waals surface area contributed by atoms with Crippen LogP contribution in [-0.2, 0) is 4.79 Å². The summed E-state index contributed by atoms with van der Waals surface area (Å²) in [5.41, 5.74) is 0. The molecule has 0 fully saturated rings. The summed E-state index contributed by atoms with van der Waals surface area (Å²) in [5.74, 6) is -0.497. The SMILES string of the molecule is C=CC(=O)NC(=O)NC(C)C. The first kappa shape index (κ1) is 9.68. The van der Waals surface area contributed by atoms with Crippen LogP contribution in [0.15, 0.2) is 12.7 Å². The fourth-order valence-electron chi connectivity index (χ4n) is 0.461. The fourth-order valence-corrected chi connectivity index (χ4v) is 0.461. The van der Waals surface area contributed by atoms with Crippen LogP contribution in [-0.4, -0.2) is 18.0 Å². The number of carbonyl (C=O) groups is 2. The maximum Gasteiger partial charge on any atom is 0.321 e. The van der Waals surface area contributed by atoms with Crippen molar-refractivity contribution >= 4 is 11.9 Å². The Morgan fingerprint density at radius 2 is 2.00 bits per heavy atom. The smallest absolute Gasteiger partial charge is 0.321 e. The quantitative estimate of drug-likeness (QED) is 0.569. The van der Waals surface area contributed by atoms with Gasteiger partial charge in [-0.3, -0.25) is 10.1 Å². The van der Waals surface area contributed by atoms with E-state index in [1.807, 2.05) is 0 Å². The van der Waals surface area contributed by atoms with Crippen molar-refractivity contribution in [3.05, 3.63) is 12.7 Å². The molecule has 3 amide bonds. The van der Waals surface area contributed by atoms with Crippen molar-refractivity contribution in [1.29, 1.82) is 0 Å². The van der Waals surface area contributed by atoms with E-state index in [1.54, 1.807) is 13.8 Å². The molecule has 0 aromatic rings. The van der Waals surface area contributed by atoms with Gasteiger partial charge in [-0.15, -0.1) is 0 Å². The second-order valence-electron chi connectivity index (χ2n) is 2.32. The van der Waals surface area contributed by atoms with Gasteiger partial charge in [0.25, 0.3) is 5.91 Å². The van der Waals surface area contributed by atoms with Crippen LogP contribution < -0.4 is 10.6 Å². The molecule has 0 unspecified atom stereocenters. The number of hydrogen-bond acceptors (Lipinski definition) is 2. The Kier molecular flexibility index (Phi) is 3.95. The molecule has 0 saturated carbocycles. The van der Waals surface area contributed by atoms with E-state index in [1.165, 1.54) is 0 Å². The Bertz CT molecular complexity index is 175. The molecule has 62 valence electrons. The van der Waals surface area contributed by atoms with Crippen molar-refractivity contribution in [2.75, 3.05) is 0 Å². The van der Waals surface area contributed by atoms with Crippen molar-refractivity contribution in [3.63, 3.8) is 0 Å². The van der Waals surface area contributed by atoms with Crippen LogP contribution in [0, 0.1) is 0 Å². The third-order valence-electron chi connectivity index (χ3n) is 0.842. The summed E-state index contributed by atoms with van der Waals surface area (Å²) in [6.45, 7) is 6.81. The molecule has 0 aliphatic carbocycles. The van der Waals surface area contributed by atoms with Crippen LogP contribution in [0.4, 0.5) is 4.79 Å². The van der Waals surface area contributed by atoms with E-state index in [9.17, 15) is 9.59 Å². The highest BCUT2D eigenvalue weighted by atomic mass is 16.2. The van der Waals surface area contributed by atoms with Crippen LogP contribution in [0.5, 0.6) is 0 Å². The van der Waals surface area contributed by atoms with E-state index in [-0.39, 0.29) is 6.04 Å². The number of urea groups is 1. The molecule has 2 N–H and O–H groups in total. The molecular weight excluding hydrogens is 144 g/mol. The van der Waals surface area contributed by atoms with Crippen molar-refractivity contribution < 1.29 is 9.59 Å². The molecule has 0 aromatic heterocycles. The highest BCUT2D eigenvalue weighted by Gasteiger charge is 2.03. The minimum Gasteiger partial charge on any atom is -0.336 e. The van der Waals surface area contributed by atoms with Gasteiger partial charge in [0, 0.05) is 6.04 Å². The fraction of sp³-hybridized carbons (Fsp3) is 0.429. The molecule has 0 heterocycles. The molecule has 0 spiro atoms. The van der Waals surface area contributed by atoms with Crippen LogP contribution in [0.2, 0.25) is 0 Å². The molecule has 0 saturated heterocycles. The molecule has 0 bridgehead atoms. The lowest BCUT2D eigenvalue weighted by atomic mass is 10.4. The lowest BCUT2D eigenvalue weighted by Crippen LogP contribution is -2.41. The lowest BCUT2D eigenvalue weighted by Gasteiger charge is -2.06. The molecule has 4 heteroatoms. The van der Waals surface area contributed by atoms with Gasteiger partial charge in [-0.1, -0.05) is 6.58 Å². The summed E-state index contributed by atoms with van der Waals surface area (Å²) in [7, 11) is 0. The monoisotopic (exact) mass is 156 g/mol. The summed E-state index contributed by atoms with van der Waals surface area (Å²) in [4.78, 5) is 21.2. The maximum absolute atomic E-state index is 10.7. The summed E-state index contributed by atoms with van der Waals surface area (Å²) >= 11 is 0. The maximum atomic E-state index is 10.7. The Morgan fingerprint density at radius 3 is 2.36 bits per heavy atom. The highest BCUT2D eigenvalue weighted by Crippen LogP contribution is 1.76. The van der Waals surface area contributed by atoms with Gasteiger partial charge in [0.15, 0.2) is 0 Å². The van der Waals surface area contributed by atoms with E-state index in [0.29, 0.717) is 0 Å². The van der Waals surface area contributed by atoms with Gasteiger partial charge in [-0.05, 0) is 19.9 Å². The summed E-state index contributed by atoms with van der Waals surface area (Å²) in [6.07, 6.45) is 1.04. The average Bonchev–Trinajstić information content (AvgIpc) is 1.85. The van der Waals surface area contributed by atoms with E-state index in [4.69, 9.17) is 0 Å². The number of nitrogens with one attached hydrogen (secondary N) is 2. The third-order valence-corrected chi connectivity index (χ3v) is 0.842. The second-order valence-corrected chi connectivity index (χ2v) is 2.32. The predicted molar refractivity (Wildman–Crippen MR) is 42.0 cm³/mol. The third kappa shape index (κ3) is 5.14. The Balaban J connectivity index is 3.69. The molecule has 0 aromatic carbocycles. The first-order valence-corrected chi connectivity index (χ1v) is 3.30. The van der Waals surface area contributed by atoms with Gasteiger partial charge < -0.3 is 5.32 Å². The number of carbonyl (C=O) groups excluding carboxylic acids is 2. The lowest BCUT2D eigenvalue weighted by molar-refractivity contribution is -0.115. The van der Waals surface area contributed by atoms with Gasteiger partial charge >= 0.3 is 6.03 Å². The van der Waals surface area contributed by atoms with Crippen LogP contribution in [0.1, 0.15) is 13.8 Å². The zero-order valence-corrected chi connectivity index (χ0v) is 6.68. The van der Waals surface area contributed by atoms with Gasteiger partial charge in [0.05, 0.1) is 0 Å². The zero-order chi connectivity index (χ0) is 8.85. The molecule has 0 aliphatic rings. The first-order chi connectivity index (χ1) is 5.06. The summed E-state index contributed by atoms with van der Waals surface area (Å²) in [6, 6.07) is -0.475. The number of hydrogen-bond donors (Lipinski definition) is 2. The van der Waals surface area contributed by atoms with Crippen LogP contribution >= 0.6 is 0 Å². The van der Waals surface area contributed by atoms with E-state index < -0.39 is 11.9 Å². The van der Waals surface area contributed by atoms with Gasteiger partial charge in [-0.2, -0.15) is 0 Å². The second kappa shape index (κ2) is 4.49. The largest absolute Gasteiger partial charge is 0.336 e. The number of rotatable bonds is 2. The van der Waals surface area contributed by atoms with E-state index >= 15 is 0 Å². The normalized spacial score (nSPS) is 9.00. The molecule has 0 radical (unpaired) electrons. The molecule has 0 rings (SSSR count). The Morgan fingerprint density at radius 1 is 1.45 bits per heavy atom. The molecule has 11 heavy (non-hydrogen) atoms. The zero-order valence-electron chi connectivity index (χ0n) is 6.68. The van der Waals surface area contributed by atoms with Crippen molar-refractivity contribution in [2.24, 2.45) is 0 Å². The van der Waals surface area contributed by atoms with Gasteiger partial charge in [0.1, 0.15) is 0 Å². The molecule has 4 nitrogen and oxygen atoms in total. The van der Waals surface area contributed by atoms with Crippen molar-refractivity contribution in [3.8, 4) is 0 Å². The predicted octanol–water partition coefficient (Wildman–Crippen LogP) is 0.407. The molecule has 0 aliphatic heterocycles. The average molecular weight is 156 g/mol. The topological polar surface area (TPSA) is 58.2 Å². The van der Waals surface area contributed by atoms with Gasteiger partial charge in [-0.25, -0.2) is 4.79 Å². The number of amides is 3. The Hall–Kier alpha value is -1.32. The van der Waals surface area contributed by atoms with Gasteiger partial charge in [0.2, 0.25) is 0 Å². The van der Waals surface area contributed by atoms with Crippen LogP contribution in [0.3, 0.4) is 0 Å². The van der Waals surface area contributed by atoms with E-state index in [0.717, 1.165) is 6.08 Å². The first-order valence-electron chi connectivity index (χ1n) is 3.30. The molecule has 0 atom stereocenters. The van der Waals surface area contributed by atoms with Crippen molar-refractivity contribution in [2.45, 2.75) is 19.9 Å². The number of imide groups is 1. The summed E-state index contributed by atoms with van der Waals surface area (Å²) < 4.78 is 0. The summed E-state index contributed by atoms with van der Waals surface area (Å²) in [5, 5.41) is 4.54. The molecular formula is C7H12N2O2. The minimum atomic E-state index is -0.497.